The van der Waals surface area contributed by atoms with Crippen molar-refractivity contribution in [1.82, 2.24) is 10.2 Å². The van der Waals surface area contributed by atoms with Gasteiger partial charge in [0.1, 0.15) is 0 Å². The Kier molecular flexibility index (Phi) is 6.95. The van der Waals surface area contributed by atoms with Gasteiger partial charge in [-0.25, -0.2) is 4.79 Å². The van der Waals surface area contributed by atoms with Crippen LogP contribution in [0.5, 0.6) is 11.5 Å². The summed E-state index contributed by atoms with van der Waals surface area (Å²) < 4.78 is 48.9. The third-order valence-corrected chi connectivity index (χ3v) is 5.06. The summed E-state index contributed by atoms with van der Waals surface area (Å²) in [6.07, 6.45) is -2.73. The lowest BCUT2D eigenvalue weighted by Crippen LogP contribution is -2.39. The molecule has 2 amide bonds. The molecular formula is C23H23F3N2O3. The number of halogens is 3. The first-order chi connectivity index (χ1) is 14.8. The van der Waals surface area contributed by atoms with E-state index in [-0.39, 0.29) is 24.2 Å². The maximum Gasteiger partial charge on any atom is 0.416 e. The first-order valence-electron chi connectivity index (χ1n) is 9.76. The molecule has 1 N–H and O–H groups in total. The number of ether oxygens (including phenoxy) is 2. The number of carbonyl (C=O) groups is 1. The van der Waals surface area contributed by atoms with Crippen LogP contribution < -0.4 is 14.8 Å². The van der Waals surface area contributed by atoms with Gasteiger partial charge in [-0.2, -0.15) is 13.2 Å². The highest BCUT2D eigenvalue weighted by atomic mass is 19.4. The molecule has 5 nitrogen and oxygen atoms in total. The average Bonchev–Trinajstić information content (AvgIpc) is 3.26. The fourth-order valence-corrected chi connectivity index (χ4v) is 3.56. The lowest BCUT2D eigenvalue weighted by molar-refractivity contribution is -0.137. The summed E-state index contributed by atoms with van der Waals surface area (Å²) in [5, 5.41) is 2.73. The van der Waals surface area contributed by atoms with Crippen molar-refractivity contribution >= 4 is 6.03 Å². The molecule has 0 spiro atoms. The summed E-state index contributed by atoms with van der Waals surface area (Å²) in [6.45, 7) is 0.635. The lowest BCUT2D eigenvalue weighted by atomic mass is 10.0. The van der Waals surface area contributed by atoms with E-state index in [0.717, 1.165) is 30.5 Å². The van der Waals surface area contributed by atoms with Crippen molar-refractivity contribution in [2.24, 2.45) is 0 Å². The third-order valence-electron chi connectivity index (χ3n) is 5.06. The van der Waals surface area contributed by atoms with Gasteiger partial charge in [0, 0.05) is 12.1 Å². The number of amides is 2. The molecule has 8 heteroatoms. The van der Waals surface area contributed by atoms with Gasteiger partial charge in [0.15, 0.2) is 11.5 Å². The first-order valence-corrected chi connectivity index (χ1v) is 9.76. The molecule has 2 aromatic rings. The minimum Gasteiger partial charge on any atom is -0.493 e. The summed E-state index contributed by atoms with van der Waals surface area (Å²) in [7, 11) is 3.12. The van der Waals surface area contributed by atoms with Gasteiger partial charge < -0.3 is 19.7 Å². The van der Waals surface area contributed by atoms with E-state index in [2.05, 4.69) is 17.2 Å². The number of nitrogens with zero attached hydrogens (tertiary/aromatic N) is 1. The number of methoxy groups -OCH3 is 2. The molecule has 0 saturated carbocycles. The molecular weight excluding hydrogens is 409 g/mol. The maximum atomic E-state index is 12.8. The zero-order valence-electron chi connectivity index (χ0n) is 17.3. The Labute approximate surface area is 179 Å². The van der Waals surface area contributed by atoms with Crippen LogP contribution in [0.1, 0.15) is 35.6 Å². The molecule has 0 radical (unpaired) electrons. The first kappa shape index (κ1) is 22.3. The van der Waals surface area contributed by atoms with Crippen molar-refractivity contribution in [1.29, 1.82) is 0 Å². The van der Waals surface area contributed by atoms with E-state index >= 15 is 0 Å². The summed E-state index contributed by atoms with van der Waals surface area (Å²) in [4.78, 5) is 14.4. The highest BCUT2D eigenvalue weighted by molar-refractivity contribution is 5.75. The zero-order chi connectivity index (χ0) is 22.4. The Bertz CT molecular complexity index is 996. The number of benzene rings is 2. The molecule has 31 heavy (non-hydrogen) atoms. The highest BCUT2D eigenvalue weighted by Gasteiger charge is 2.31. The van der Waals surface area contributed by atoms with Crippen molar-refractivity contribution in [3.63, 3.8) is 0 Å². The van der Waals surface area contributed by atoms with Crippen LogP contribution in [0, 0.1) is 11.8 Å². The Hall–Kier alpha value is -3.34. The number of nitrogens with one attached hydrogen (secondary N) is 1. The van der Waals surface area contributed by atoms with Crippen molar-refractivity contribution in [3.8, 4) is 23.3 Å². The Morgan fingerprint density at radius 2 is 1.94 bits per heavy atom. The van der Waals surface area contributed by atoms with Crippen LogP contribution in [0.3, 0.4) is 0 Å². The minimum atomic E-state index is -4.42. The average molecular weight is 432 g/mol. The fourth-order valence-electron chi connectivity index (χ4n) is 3.56. The van der Waals surface area contributed by atoms with Crippen LogP contribution in [0.2, 0.25) is 0 Å². The van der Waals surface area contributed by atoms with Gasteiger partial charge in [-0.1, -0.05) is 24.0 Å². The molecule has 3 rings (SSSR count). The Morgan fingerprint density at radius 1 is 1.16 bits per heavy atom. The highest BCUT2D eigenvalue weighted by Crippen LogP contribution is 2.36. The number of hydrogen-bond acceptors (Lipinski definition) is 3. The van der Waals surface area contributed by atoms with Gasteiger partial charge in [-0.3, -0.25) is 0 Å². The number of alkyl halides is 3. The summed E-state index contributed by atoms with van der Waals surface area (Å²) in [6, 6.07) is 10.0. The molecule has 1 unspecified atom stereocenters. The smallest absolute Gasteiger partial charge is 0.416 e. The van der Waals surface area contributed by atoms with Crippen LogP contribution >= 0.6 is 0 Å². The number of carbonyl (C=O) groups excluding carboxylic acids is 1. The molecule has 0 bridgehead atoms. The molecule has 0 aliphatic carbocycles. The molecule has 1 aliphatic rings. The number of likely N-dealkylation sites (tertiary alicyclic amines) is 1. The summed E-state index contributed by atoms with van der Waals surface area (Å²) in [5.41, 5.74) is 0.437. The molecule has 1 fully saturated rings. The number of urea groups is 1. The van der Waals surface area contributed by atoms with Crippen molar-refractivity contribution in [3.05, 3.63) is 59.2 Å². The second-order valence-corrected chi connectivity index (χ2v) is 7.00. The SMILES string of the molecule is COc1ccc(C2CCCN2C(=O)NCC#Cc2cccc(C(F)(F)F)c2)cc1OC. The third kappa shape index (κ3) is 5.43. The molecule has 1 aliphatic heterocycles. The molecule has 1 heterocycles. The van der Waals surface area contributed by atoms with Crippen LogP contribution in [0.25, 0.3) is 0 Å². The fraction of sp³-hybridized carbons (Fsp3) is 0.348. The van der Waals surface area contributed by atoms with Gasteiger partial charge in [-0.15, -0.1) is 0 Å². The topological polar surface area (TPSA) is 50.8 Å². The number of rotatable bonds is 4. The van der Waals surface area contributed by atoms with E-state index in [1.54, 1.807) is 19.1 Å². The second kappa shape index (κ2) is 9.65. The van der Waals surface area contributed by atoms with Crippen molar-refractivity contribution in [2.75, 3.05) is 27.3 Å². The van der Waals surface area contributed by atoms with E-state index in [0.29, 0.717) is 18.0 Å². The summed E-state index contributed by atoms with van der Waals surface area (Å²) >= 11 is 0. The Morgan fingerprint density at radius 3 is 2.65 bits per heavy atom. The minimum absolute atomic E-state index is 0.0320. The lowest BCUT2D eigenvalue weighted by Gasteiger charge is -2.25. The number of hydrogen-bond donors (Lipinski definition) is 1. The zero-order valence-corrected chi connectivity index (χ0v) is 17.3. The van der Waals surface area contributed by atoms with Gasteiger partial charge in [0.2, 0.25) is 0 Å². The van der Waals surface area contributed by atoms with E-state index in [1.165, 1.54) is 12.1 Å². The maximum absolute atomic E-state index is 12.8. The second-order valence-electron chi connectivity index (χ2n) is 7.00. The van der Waals surface area contributed by atoms with Crippen LogP contribution in [-0.2, 0) is 6.18 Å². The van der Waals surface area contributed by atoms with Gasteiger partial charge in [0.25, 0.3) is 0 Å². The van der Waals surface area contributed by atoms with Gasteiger partial charge in [-0.05, 0) is 48.7 Å². The Balaban J connectivity index is 1.63. The standard InChI is InChI=1S/C23H23F3N2O3/c1-30-20-11-10-17(15-21(20)31-2)19-9-5-13-28(19)22(29)27-12-4-7-16-6-3-8-18(14-16)23(24,25)26/h3,6,8,10-11,14-15,19H,5,9,12-13H2,1-2H3,(H,27,29). The van der Waals surface area contributed by atoms with Gasteiger partial charge >= 0.3 is 12.2 Å². The molecule has 164 valence electrons. The predicted molar refractivity (Wildman–Crippen MR) is 110 cm³/mol. The molecule has 1 saturated heterocycles. The monoisotopic (exact) mass is 432 g/mol. The quantitative estimate of drug-likeness (QED) is 0.718. The normalized spacial score (nSPS) is 15.8. The van der Waals surface area contributed by atoms with E-state index < -0.39 is 11.7 Å². The van der Waals surface area contributed by atoms with Gasteiger partial charge in [0.05, 0.1) is 32.4 Å². The summed E-state index contributed by atoms with van der Waals surface area (Å²) in [5.74, 6) is 6.58. The van der Waals surface area contributed by atoms with E-state index in [4.69, 9.17) is 9.47 Å². The molecule has 1 atom stereocenters. The van der Waals surface area contributed by atoms with Crippen LogP contribution in [-0.4, -0.2) is 38.2 Å². The predicted octanol–water partition coefficient (Wildman–Crippen LogP) is 4.62. The molecule has 0 aromatic heterocycles. The van der Waals surface area contributed by atoms with Crippen LogP contribution in [0.15, 0.2) is 42.5 Å². The van der Waals surface area contributed by atoms with E-state index in [9.17, 15) is 18.0 Å². The van der Waals surface area contributed by atoms with Crippen molar-refractivity contribution in [2.45, 2.75) is 25.1 Å². The van der Waals surface area contributed by atoms with E-state index in [1.807, 2.05) is 18.2 Å². The molecule has 2 aromatic carbocycles. The van der Waals surface area contributed by atoms with Crippen molar-refractivity contribution < 1.29 is 27.4 Å². The van der Waals surface area contributed by atoms with Crippen LogP contribution in [0.4, 0.5) is 18.0 Å². The largest absolute Gasteiger partial charge is 0.493 e.